The van der Waals surface area contributed by atoms with Gasteiger partial charge in [-0.1, -0.05) is 6.42 Å². The zero-order valence-corrected chi connectivity index (χ0v) is 10.9. The SMILES string of the molecule is N#C[C@H]1[C@@H](O)[C@H]2C[C@@H]1[C@H]1[C@H]3N=N[C@H]([C@@H]4CCC[C@@H]43)[C@@H]21. The van der Waals surface area contributed by atoms with E-state index >= 15 is 0 Å². The van der Waals surface area contributed by atoms with Crippen molar-refractivity contribution in [3.8, 4) is 6.07 Å². The van der Waals surface area contributed by atoms with Gasteiger partial charge < -0.3 is 5.11 Å². The van der Waals surface area contributed by atoms with E-state index in [0.29, 0.717) is 35.8 Å². The minimum absolute atomic E-state index is 0.138. The molecule has 4 aliphatic carbocycles. The van der Waals surface area contributed by atoms with Gasteiger partial charge in [0.25, 0.3) is 0 Å². The van der Waals surface area contributed by atoms with Crippen molar-refractivity contribution in [1.29, 1.82) is 5.26 Å². The first-order valence-corrected chi connectivity index (χ1v) is 7.79. The topological polar surface area (TPSA) is 68.7 Å². The highest BCUT2D eigenvalue weighted by Gasteiger charge is 2.68. The molecule has 10 atom stereocenters. The minimum Gasteiger partial charge on any atom is -0.391 e. The summed E-state index contributed by atoms with van der Waals surface area (Å²) in [5.74, 6) is 3.14. The summed E-state index contributed by atoms with van der Waals surface area (Å²) in [6.07, 6.45) is 4.60. The van der Waals surface area contributed by atoms with Gasteiger partial charge >= 0.3 is 0 Å². The van der Waals surface area contributed by atoms with Crippen LogP contribution in [-0.4, -0.2) is 23.3 Å². The number of nitrogens with zero attached hydrogens (tertiary/aromatic N) is 3. The molecule has 0 radical (unpaired) electrons. The molecule has 6 rings (SSSR count). The maximum absolute atomic E-state index is 10.4. The summed E-state index contributed by atoms with van der Waals surface area (Å²) in [7, 11) is 0. The lowest BCUT2D eigenvalue weighted by molar-refractivity contribution is -0.0541. The minimum atomic E-state index is -0.398. The van der Waals surface area contributed by atoms with Gasteiger partial charge in [-0.05, 0) is 54.8 Å². The Labute approximate surface area is 112 Å². The molecule has 2 aliphatic heterocycles. The quantitative estimate of drug-likeness (QED) is 0.721. The van der Waals surface area contributed by atoms with E-state index < -0.39 is 6.10 Å². The molecule has 100 valence electrons. The lowest BCUT2D eigenvalue weighted by atomic mass is 9.56. The van der Waals surface area contributed by atoms with Crippen LogP contribution in [0.15, 0.2) is 10.2 Å². The van der Waals surface area contributed by atoms with Crippen LogP contribution in [0.2, 0.25) is 0 Å². The van der Waals surface area contributed by atoms with Crippen molar-refractivity contribution in [2.75, 3.05) is 0 Å². The van der Waals surface area contributed by atoms with E-state index in [4.69, 9.17) is 0 Å². The number of hydrogen-bond donors (Lipinski definition) is 1. The zero-order valence-electron chi connectivity index (χ0n) is 10.9. The Morgan fingerprint density at radius 1 is 0.947 bits per heavy atom. The molecule has 0 aromatic rings. The Balaban J connectivity index is 1.60. The van der Waals surface area contributed by atoms with Crippen molar-refractivity contribution in [3.63, 3.8) is 0 Å². The molecule has 0 spiro atoms. The molecule has 6 aliphatic rings. The first-order valence-electron chi connectivity index (χ1n) is 7.79. The number of azo groups is 1. The fraction of sp³-hybridized carbons (Fsp3) is 0.933. The monoisotopic (exact) mass is 257 g/mol. The molecule has 4 bridgehead atoms. The van der Waals surface area contributed by atoms with Gasteiger partial charge in [0.2, 0.25) is 0 Å². The molecule has 4 fully saturated rings. The molecule has 2 heterocycles. The number of hydrogen-bond acceptors (Lipinski definition) is 4. The molecule has 0 aromatic heterocycles. The highest BCUT2D eigenvalue weighted by atomic mass is 16.3. The van der Waals surface area contributed by atoms with Crippen LogP contribution >= 0.6 is 0 Å². The summed E-state index contributed by atoms with van der Waals surface area (Å²) in [6, 6.07) is 3.12. The Morgan fingerprint density at radius 3 is 2.21 bits per heavy atom. The number of rotatable bonds is 0. The number of nitriles is 1. The average molecular weight is 257 g/mol. The largest absolute Gasteiger partial charge is 0.391 e. The molecule has 1 N–H and O–H groups in total. The van der Waals surface area contributed by atoms with Crippen LogP contribution in [0, 0.1) is 52.8 Å². The second-order valence-corrected chi connectivity index (χ2v) is 7.33. The van der Waals surface area contributed by atoms with E-state index in [1.54, 1.807) is 0 Å². The third kappa shape index (κ3) is 1.07. The first kappa shape index (κ1) is 10.8. The molecule has 4 heteroatoms. The van der Waals surface area contributed by atoms with Crippen LogP contribution in [0.5, 0.6) is 0 Å². The van der Waals surface area contributed by atoms with E-state index in [0.717, 1.165) is 18.3 Å². The number of aliphatic hydroxyl groups is 1. The molecule has 4 saturated carbocycles. The molecule has 4 nitrogen and oxygen atoms in total. The summed E-state index contributed by atoms with van der Waals surface area (Å²) < 4.78 is 0. The maximum Gasteiger partial charge on any atom is 0.0775 e. The van der Waals surface area contributed by atoms with Crippen molar-refractivity contribution >= 4 is 0 Å². The van der Waals surface area contributed by atoms with Gasteiger partial charge in [-0.2, -0.15) is 15.5 Å². The van der Waals surface area contributed by atoms with Gasteiger partial charge in [0.15, 0.2) is 0 Å². The van der Waals surface area contributed by atoms with E-state index in [9.17, 15) is 10.4 Å². The summed E-state index contributed by atoms with van der Waals surface area (Å²) in [6.45, 7) is 0. The van der Waals surface area contributed by atoms with Gasteiger partial charge in [-0.15, -0.1) is 0 Å². The fourth-order valence-electron chi connectivity index (χ4n) is 6.52. The predicted octanol–water partition coefficient (Wildman–Crippen LogP) is 2.00. The highest BCUT2D eigenvalue weighted by molar-refractivity contribution is 5.21. The summed E-state index contributed by atoms with van der Waals surface area (Å²) in [4.78, 5) is 0. The summed E-state index contributed by atoms with van der Waals surface area (Å²) >= 11 is 0. The smallest absolute Gasteiger partial charge is 0.0775 e. The lowest BCUT2D eigenvalue weighted by Crippen LogP contribution is -2.57. The second kappa shape index (κ2) is 3.38. The summed E-state index contributed by atoms with van der Waals surface area (Å²) in [5.41, 5.74) is 0. The molecule has 0 amide bonds. The van der Waals surface area contributed by atoms with Gasteiger partial charge in [0.05, 0.1) is 30.2 Å². The Kier molecular flexibility index (Phi) is 1.92. The molecule has 0 saturated heterocycles. The molecular weight excluding hydrogens is 238 g/mol. The van der Waals surface area contributed by atoms with E-state index in [-0.39, 0.29) is 5.92 Å². The second-order valence-electron chi connectivity index (χ2n) is 7.33. The fourth-order valence-corrected chi connectivity index (χ4v) is 6.52. The molecule has 0 unspecified atom stereocenters. The standard InChI is InChI=1S/C15H19N3O/c16-5-10-8-4-9(15(10)19)12-11(8)13-6-2-1-3-7(6)14(12)18-17-13/h6-15,19H,1-4H2/t6-,7+,8-,9-,10+,11+,12-,13-,14+,15-/m0/s1. The van der Waals surface area contributed by atoms with Crippen LogP contribution < -0.4 is 0 Å². The van der Waals surface area contributed by atoms with Crippen LogP contribution in [0.4, 0.5) is 0 Å². The van der Waals surface area contributed by atoms with Crippen molar-refractivity contribution < 1.29 is 5.11 Å². The van der Waals surface area contributed by atoms with Gasteiger partial charge in [-0.3, -0.25) is 0 Å². The van der Waals surface area contributed by atoms with Crippen LogP contribution in [0.1, 0.15) is 25.7 Å². The van der Waals surface area contributed by atoms with Crippen molar-refractivity contribution in [1.82, 2.24) is 0 Å². The van der Waals surface area contributed by atoms with Crippen molar-refractivity contribution in [2.45, 2.75) is 43.9 Å². The van der Waals surface area contributed by atoms with Gasteiger partial charge in [0.1, 0.15) is 0 Å². The third-order valence-corrected chi connectivity index (χ3v) is 7.02. The highest BCUT2D eigenvalue weighted by Crippen LogP contribution is 2.66. The van der Waals surface area contributed by atoms with E-state index in [2.05, 4.69) is 16.3 Å². The third-order valence-electron chi connectivity index (χ3n) is 7.02. The van der Waals surface area contributed by atoms with Crippen LogP contribution in [0.3, 0.4) is 0 Å². The Hall–Kier alpha value is -0.950. The van der Waals surface area contributed by atoms with Crippen LogP contribution in [0.25, 0.3) is 0 Å². The normalized spacial score (nSPS) is 64.0. The predicted molar refractivity (Wildman–Crippen MR) is 66.9 cm³/mol. The van der Waals surface area contributed by atoms with Gasteiger partial charge in [-0.25, -0.2) is 0 Å². The molecule has 0 aromatic carbocycles. The zero-order chi connectivity index (χ0) is 12.7. The average Bonchev–Trinajstić information content (AvgIpc) is 3.12. The number of aliphatic hydroxyl groups excluding tert-OH is 1. The van der Waals surface area contributed by atoms with Crippen molar-refractivity contribution in [3.05, 3.63) is 0 Å². The Bertz CT molecular complexity index is 498. The van der Waals surface area contributed by atoms with E-state index in [1.807, 2.05) is 0 Å². The van der Waals surface area contributed by atoms with Crippen molar-refractivity contribution in [2.24, 2.45) is 51.7 Å². The lowest BCUT2D eigenvalue weighted by Gasteiger charge is -2.53. The molecule has 19 heavy (non-hydrogen) atoms. The summed E-state index contributed by atoms with van der Waals surface area (Å²) in [5, 5.41) is 29.0. The van der Waals surface area contributed by atoms with Gasteiger partial charge in [0, 0.05) is 0 Å². The Morgan fingerprint density at radius 2 is 1.58 bits per heavy atom. The maximum atomic E-state index is 10.4. The van der Waals surface area contributed by atoms with Crippen LogP contribution in [-0.2, 0) is 0 Å². The molecular formula is C15H19N3O. The van der Waals surface area contributed by atoms with E-state index in [1.165, 1.54) is 19.3 Å². The number of fused-ring (bicyclic) bond motifs is 2. The first-order chi connectivity index (χ1) is 9.31.